The van der Waals surface area contributed by atoms with Crippen molar-refractivity contribution in [3.63, 3.8) is 0 Å². The van der Waals surface area contributed by atoms with Gasteiger partial charge in [-0.2, -0.15) is 0 Å². The van der Waals surface area contributed by atoms with E-state index in [4.69, 9.17) is 9.51 Å². The Morgan fingerprint density at radius 2 is 1.76 bits per heavy atom. The van der Waals surface area contributed by atoms with E-state index >= 15 is 0 Å². The maximum atomic E-state index is 12.4. The van der Waals surface area contributed by atoms with Crippen LogP contribution in [0.25, 0.3) is 11.3 Å². The van der Waals surface area contributed by atoms with E-state index in [0.717, 1.165) is 5.56 Å². The molecule has 2 radical (unpaired) electrons. The molecule has 6 nitrogen and oxygen atoms in total. The SMILES string of the molecule is CCCC[C](CCCC)(CCCC)[Sn][c]1cc(-c2cc([C@]3(O)CCN(C)C3=O)on2)ccn1. The zero-order chi connectivity index (χ0) is 23.9. The summed E-state index contributed by atoms with van der Waals surface area (Å²) in [7, 11) is 1.69. The number of hydrogen-bond acceptors (Lipinski definition) is 5. The van der Waals surface area contributed by atoms with Gasteiger partial charge >= 0.3 is 209 Å². The molecule has 0 aromatic carbocycles. The molecular weight excluding hydrogens is 521 g/mol. The van der Waals surface area contributed by atoms with Crippen molar-refractivity contribution < 1.29 is 14.4 Å². The van der Waals surface area contributed by atoms with E-state index in [1.54, 1.807) is 13.1 Å². The summed E-state index contributed by atoms with van der Waals surface area (Å²) in [6.45, 7) is 7.37. The van der Waals surface area contributed by atoms with Crippen LogP contribution in [0.2, 0.25) is 3.43 Å². The summed E-state index contributed by atoms with van der Waals surface area (Å²) in [6.07, 6.45) is 13.8. The number of pyridine rings is 1. The molecular formula is C26H39N3O3Sn. The normalized spacial score (nSPS) is 18.9. The van der Waals surface area contributed by atoms with Gasteiger partial charge in [0.2, 0.25) is 0 Å². The fourth-order valence-corrected chi connectivity index (χ4v) is 9.91. The first-order valence-corrected chi connectivity index (χ1v) is 15.4. The van der Waals surface area contributed by atoms with Gasteiger partial charge < -0.3 is 0 Å². The van der Waals surface area contributed by atoms with Gasteiger partial charge in [-0.25, -0.2) is 0 Å². The molecule has 2 aromatic rings. The van der Waals surface area contributed by atoms with E-state index in [9.17, 15) is 9.90 Å². The molecule has 33 heavy (non-hydrogen) atoms. The summed E-state index contributed by atoms with van der Waals surface area (Å²) < 4.78 is 7.18. The molecule has 0 aliphatic carbocycles. The van der Waals surface area contributed by atoms with Gasteiger partial charge in [0.1, 0.15) is 0 Å². The average Bonchev–Trinajstić information content (AvgIpc) is 3.43. The quantitative estimate of drug-likeness (QED) is 0.355. The fourth-order valence-electron chi connectivity index (χ4n) is 4.73. The first-order valence-electron chi connectivity index (χ1n) is 12.6. The Labute approximate surface area is 208 Å². The molecule has 1 atom stereocenters. The molecule has 3 rings (SSSR count). The Bertz CT molecular complexity index is 894. The minimum atomic E-state index is -1.61. The third-order valence-corrected chi connectivity index (χ3v) is 12.1. The van der Waals surface area contributed by atoms with Gasteiger partial charge in [-0.1, -0.05) is 0 Å². The number of hydrogen-bond donors (Lipinski definition) is 1. The Morgan fingerprint density at radius 1 is 1.12 bits per heavy atom. The molecule has 0 unspecified atom stereocenters. The van der Waals surface area contributed by atoms with Crippen molar-refractivity contribution in [2.75, 3.05) is 13.6 Å². The molecule has 1 saturated heterocycles. The van der Waals surface area contributed by atoms with Crippen LogP contribution in [0.15, 0.2) is 28.9 Å². The van der Waals surface area contributed by atoms with E-state index in [1.165, 1.54) is 66.4 Å². The van der Waals surface area contributed by atoms with Crippen LogP contribution in [0, 0.1) is 0 Å². The van der Waals surface area contributed by atoms with Gasteiger partial charge in [0, 0.05) is 0 Å². The van der Waals surface area contributed by atoms with E-state index in [-0.39, 0.29) is 11.7 Å². The number of rotatable bonds is 13. The van der Waals surface area contributed by atoms with Crippen molar-refractivity contribution in [3.8, 4) is 11.3 Å². The number of amides is 1. The van der Waals surface area contributed by atoms with Crippen LogP contribution in [-0.2, 0) is 10.4 Å². The van der Waals surface area contributed by atoms with Crippen LogP contribution in [0.3, 0.4) is 0 Å². The summed E-state index contributed by atoms with van der Waals surface area (Å²) in [5.41, 5.74) is 0.00101. The first kappa shape index (κ1) is 26.2. The number of aliphatic hydroxyl groups is 1. The monoisotopic (exact) mass is 561 g/mol. The predicted octanol–water partition coefficient (Wildman–Crippen LogP) is 4.85. The van der Waals surface area contributed by atoms with Gasteiger partial charge in [0.25, 0.3) is 0 Å². The second-order valence-electron chi connectivity index (χ2n) is 9.56. The molecule has 7 heteroatoms. The summed E-state index contributed by atoms with van der Waals surface area (Å²) in [5.74, 6) is -0.101. The Balaban J connectivity index is 1.84. The van der Waals surface area contributed by atoms with Gasteiger partial charge in [-0.3, -0.25) is 0 Å². The second kappa shape index (κ2) is 11.8. The number of carbonyl (C=O) groups is 1. The molecule has 2 aromatic heterocycles. The number of nitrogens with zero attached hydrogens (tertiary/aromatic N) is 3. The summed E-state index contributed by atoms with van der Waals surface area (Å²) in [4.78, 5) is 18.8. The van der Waals surface area contributed by atoms with Gasteiger partial charge in [-0.15, -0.1) is 0 Å². The Morgan fingerprint density at radius 3 is 2.30 bits per heavy atom. The van der Waals surface area contributed by atoms with Crippen molar-refractivity contribution in [2.24, 2.45) is 0 Å². The van der Waals surface area contributed by atoms with E-state index in [0.29, 0.717) is 22.1 Å². The van der Waals surface area contributed by atoms with E-state index in [1.807, 2.05) is 12.3 Å². The van der Waals surface area contributed by atoms with Crippen molar-refractivity contribution in [2.45, 2.75) is 94.0 Å². The minimum absolute atomic E-state index is 0.230. The van der Waals surface area contributed by atoms with Crippen LogP contribution in [0.5, 0.6) is 0 Å². The Kier molecular flexibility index (Phi) is 9.39. The molecule has 180 valence electrons. The molecule has 1 N–H and O–H groups in total. The molecule has 1 aliphatic rings. The molecule has 3 heterocycles. The second-order valence-corrected chi connectivity index (χ2v) is 14.8. The average molecular weight is 560 g/mol. The van der Waals surface area contributed by atoms with Gasteiger partial charge in [0.15, 0.2) is 0 Å². The molecule has 1 amide bonds. The number of likely N-dealkylation sites (tertiary alicyclic amines) is 1. The number of carbonyl (C=O) groups excluding carboxylic acids is 1. The topological polar surface area (TPSA) is 79.5 Å². The summed E-state index contributed by atoms with van der Waals surface area (Å²) in [6, 6.07) is 5.85. The number of aromatic nitrogens is 2. The zero-order valence-corrected chi connectivity index (χ0v) is 23.5. The molecule has 0 saturated carbocycles. The van der Waals surface area contributed by atoms with Crippen LogP contribution in [-0.4, -0.2) is 60.8 Å². The van der Waals surface area contributed by atoms with E-state index < -0.39 is 26.7 Å². The first-order chi connectivity index (χ1) is 15.9. The third kappa shape index (κ3) is 6.18. The van der Waals surface area contributed by atoms with Crippen LogP contribution < -0.4 is 3.71 Å². The maximum absolute atomic E-state index is 12.4. The van der Waals surface area contributed by atoms with Crippen molar-refractivity contribution in [1.82, 2.24) is 15.0 Å². The van der Waals surface area contributed by atoms with Crippen molar-refractivity contribution in [1.29, 1.82) is 0 Å². The van der Waals surface area contributed by atoms with Crippen molar-refractivity contribution in [3.05, 3.63) is 30.2 Å². The van der Waals surface area contributed by atoms with Crippen molar-refractivity contribution >= 4 is 30.8 Å². The zero-order valence-electron chi connectivity index (χ0n) is 20.7. The molecule has 0 bridgehead atoms. The van der Waals surface area contributed by atoms with Gasteiger partial charge in [-0.05, 0) is 0 Å². The van der Waals surface area contributed by atoms with Gasteiger partial charge in [0.05, 0.1) is 0 Å². The van der Waals surface area contributed by atoms with Crippen LogP contribution >= 0.6 is 0 Å². The standard InChI is InChI=1S/C13H12N3O3.C13H27.Sn/c1-16-7-4-13(18,12(16)17)11-8-10(15-19-11)9-2-5-14-6-3-9;1-4-7-10-13(11-8-5-2)12-9-6-3;/h2-3,5,8,18H,4,7H2,1H3;4-12H2,1-3H3;/t13-;;/m1../s1. The van der Waals surface area contributed by atoms with E-state index in [2.05, 4.69) is 32.0 Å². The number of unbranched alkanes of at least 4 members (excludes halogenated alkanes) is 3. The third-order valence-electron chi connectivity index (χ3n) is 6.90. The van der Waals surface area contributed by atoms with Crippen LogP contribution in [0.4, 0.5) is 0 Å². The molecule has 0 spiro atoms. The summed E-state index contributed by atoms with van der Waals surface area (Å²) in [5, 5.41) is 15.1. The van der Waals surface area contributed by atoms with Crippen LogP contribution in [0.1, 0.15) is 90.7 Å². The molecule has 1 fully saturated rings. The predicted molar refractivity (Wildman–Crippen MR) is 133 cm³/mol. The molecule has 1 aliphatic heterocycles. The Hall–Kier alpha value is -1.41. The number of likely N-dealkylation sites (N-methyl/N-ethyl adjacent to an activating group) is 1. The summed E-state index contributed by atoms with van der Waals surface area (Å²) >= 11 is -0.959. The fraction of sp³-hybridized carbons (Fsp3) is 0.654.